The molecule has 0 aliphatic heterocycles. The van der Waals surface area contributed by atoms with Gasteiger partial charge in [0.2, 0.25) is 5.91 Å². The Bertz CT molecular complexity index is 480. The fraction of sp³-hybridized carbons (Fsp3) is 0.692. The topological polar surface area (TPSA) is 86.9 Å². The number of amides is 1. The largest absolute Gasteiger partial charge is 0.368 e. The summed E-state index contributed by atoms with van der Waals surface area (Å²) in [5, 5.41) is 4.60. The van der Waals surface area contributed by atoms with Gasteiger partial charge in [-0.1, -0.05) is 6.92 Å². The molecule has 1 aromatic heterocycles. The summed E-state index contributed by atoms with van der Waals surface area (Å²) in [4.78, 5) is 11.4. The van der Waals surface area contributed by atoms with E-state index in [0.29, 0.717) is 12.8 Å². The maximum absolute atomic E-state index is 11.4. The van der Waals surface area contributed by atoms with E-state index < -0.39 is 11.4 Å². The molecule has 4 N–H and O–H groups in total. The molecule has 0 saturated heterocycles. The number of rotatable bonds is 3. The Morgan fingerprint density at radius 2 is 2.22 bits per heavy atom. The van der Waals surface area contributed by atoms with Gasteiger partial charge in [-0.05, 0) is 45.1 Å². The summed E-state index contributed by atoms with van der Waals surface area (Å²) in [6, 6.07) is 0.196. The number of hydrogen-bond acceptors (Lipinski definition) is 3. The molecular formula is C13H22N4O. The summed E-state index contributed by atoms with van der Waals surface area (Å²) >= 11 is 0. The van der Waals surface area contributed by atoms with Crippen LogP contribution in [0.15, 0.2) is 0 Å². The van der Waals surface area contributed by atoms with Crippen molar-refractivity contribution in [3.63, 3.8) is 0 Å². The van der Waals surface area contributed by atoms with Crippen molar-refractivity contribution in [3.8, 4) is 0 Å². The number of nitrogens with two attached hydrogens (primary N) is 2. The van der Waals surface area contributed by atoms with Crippen molar-refractivity contribution in [3.05, 3.63) is 17.0 Å². The number of primary amides is 1. The van der Waals surface area contributed by atoms with Gasteiger partial charge in [0.15, 0.2) is 0 Å². The van der Waals surface area contributed by atoms with Crippen LogP contribution >= 0.6 is 0 Å². The Morgan fingerprint density at radius 3 is 2.67 bits per heavy atom. The molecule has 0 aromatic carbocycles. The Labute approximate surface area is 108 Å². The van der Waals surface area contributed by atoms with Crippen molar-refractivity contribution in [1.29, 1.82) is 0 Å². The van der Waals surface area contributed by atoms with Gasteiger partial charge in [0, 0.05) is 5.69 Å². The van der Waals surface area contributed by atoms with Crippen molar-refractivity contribution in [2.45, 2.75) is 58.0 Å². The Morgan fingerprint density at radius 1 is 1.56 bits per heavy atom. The number of aryl methyl sites for hydroxylation is 1. The molecule has 1 aromatic rings. The van der Waals surface area contributed by atoms with Gasteiger partial charge in [-0.25, -0.2) is 0 Å². The number of carbonyl (C=O) groups is 1. The zero-order valence-corrected chi connectivity index (χ0v) is 11.4. The first-order valence-corrected chi connectivity index (χ1v) is 6.52. The highest BCUT2D eigenvalue weighted by atomic mass is 16.1. The zero-order valence-electron chi connectivity index (χ0n) is 11.4. The third kappa shape index (κ3) is 1.92. The molecule has 1 heterocycles. The first kappa shape index (κ1) is 13.1. The molecule has 5 nitrogen and oxygen atoms in total. The average molecular weight is 250 g/mol. The Balaban J connectivity index is 2.27. The molecule has 5 heteroatoms. The third-order valence-electron chi connectivity index (χ3n) is 4.19. The molecule has 0 bridgehead atoms. The van der Waals surface area contributed by atoms with E-state index in [1.807, 2.05) is 11.6 Å². The number of aromatic nitrogens is 2. The van der Waals surface area contributed by atoms with E-state index in [1.54, 1.807) is 0 Å². The fourth-order valence-corrected chi connectivity index (χ4v) is 3.05. The minimum Gasteiger partial charge on any atom is -0.368 e. The summed E-state index contributed by atoms with van der Waals surface area (Å²) in [6.07, 6.45) is 3.08. The molecule has 2 rings (SSSR count). The lowest BCUT2D eigenvalue weighted by atomic mass is 9.98. The maximum Gasteiger partial charge on any atom is 0.237 e. The predicted octanol–water partition coefficient (Wildman–Crippen LogP) is 0.970. The van der Waals surface area contributed by atoms with E-state index in [4.69, 9.17) is 11.5 Å². The van der Waals surface area contributed by atoms with Crippen molar-refractivity contribution < 1.29 is 4.79 Å². The minimum absolute atomic E-state index is 0.196. The third-order valence-corrected chi connectivity index (χ3v) is 4.19. The van der Waals surface area contributed by atoms with E-state index in [-0.39, 0.29) is 6.04 Å². The quantitative estimate of drug-likeness (QED) is 0.838. The van der Waals surface area contributed by atoms with Crippen LogP contribution < -0.4 is 11.5 Å². The first-order valence-electron chi connectivity index (χ1n) is 6.52. The second-order valence-corrected chi connectivity index (χ2v) is 5.36. The number of carbonyl (C=O) groups excluding carboxylic acids is 1. The van der Waals surface area contributed by atoms with E-state index in [0.717, 1.165) is 18.5 Å². The summed E-state index contributed by atoms with van der Waals surface area (Å²) in [5.74, 6) is -0.401. The maximum atomic E-state index is 11.4. The zero-order chi connectivity index (χ0) is 13.5. The second-order valence-electron chi connectivity index (χ2n) is 5.36. The van der Waals surface area contributed by atoms with Crippen molar-refractivity contribution in [2.75, 3.05) is 0 Å². The molecule has 100 valence electrons. The molecule has 18 heavy (non-hydrogen) atoms. The van der Waals surface area contributed by atoms with Gasteiger partial charge in [-0.2, -0.15) is 5.10 Å². The molecule has 0 spiro atoms. The monoisotopic (exact) mass is 250 g/mol. The van der Waals surface area contributed by atoms with Gasteiger partial charge < -0.3 is 11.5 Å². The molecule has 1 aliphatic carbocycles. The van der Waals surface area contributed by atoms with Crippen LogP contribution in [0.1, 0.15) is 49.2 Å². The summed E-state index contributed by atoms with van der Waals surface area (Å²) < 4.78 is 2.03. The highest BCUT2D eigenvalue weighted by Crippen LogP contribution is 2.37. The van der Waals surface area contributed by atoms with E-state index in [2.05, 4.69) is 18.9 Å². The molecule has 1 amide bonds. The van der Waals surface area contributed by atoms with Gasteiger partial charge in [0.1, 0.15) is 0 Å². The van der Waals surface area contributed by atoms with Gasteiger partial charge in [0.25, 0.3) is 0 Å². The van der Waals surface area contributed by atoms with Gasteiger partial charge in [-0.15, -0.1) is 0 Å². The number of hydrogen-bond donors (Lipinski definition) is 2. The number of nitrogens with zero attached hydrogens (tertiary/aromatic N) is 2. The van der Waals surface area contributed by atoms with Crippen LogP contribution in [0.25, 0.3) is 0 Å². The van der Waals surface area contributed by atoms with Crippen molar-refractivity contribution in [1.82, 2.24) is 9.78 Å². The second kappa shape index (κ2) is 4.39. The standard InChI is InChI=1S/C13H22N4O/c1-4-11-8(2)16-17(9(11)3)10-5-6-13(15,7-10)12(14)18/h10H,4-7,15H2,1-3H3,(H2,14,18). The predicted molar refractivity (Wildman–Crippen MR) is 70.1 cm³/mol. The summed E-state index contributed by atoms with van der Waals surface area (Å²) in [5.41, 5.74) is 14.1. The molecular weight excluding hydrogens is 228 g/mol. The first-order chi connectivity index (χ1) is 8.39. The van der Waals surface area contributed by atoms with Crippen LogP contribution in [0.2, 0.25) is 0 Å². The van der Waals surface area contributed by atoms with Crippen molar-refractivity contribution >= 4 is 5.91 Å². The Kier molecular flexibility index (Phi) is 3.19. The normalized spacial score (nSPS) is 27.7. The van der Waals surface area contributed by atoms with Crippen LogP contribution in [0, 0.1) is 13.8 Å². The smallest absolute Gasteiger partial charge is 0.237 e. The lowest BCUT2D eigenvalue weighted by Crippen LogP contribution is -2.49. The average Bonchev–Trinajstić information content (AvgIpc) is 2.82. The molecule has 2 unspecified atom stereocenters. The fourth-order valence-electron chi connectivity index (χ4n) is 3.05. The van der Waals surface area contributed by atoms with Gasteiger partial charge in [-0.3, -0.25) is 9.48 Å². The lowest BCUT2D eigenvalue weighted by molar-refractivity contribution is -0.123. The Hall–Kier alpha value is -1.36. The molecule has 1 aliphatic rings. The molecule has 0 radical (unpaired) electrons. The van der Waals surface area contributed by atoms with Crippen LogP contribution in [0.3, 0.4) is 0 Å². The summed E-state index contributed by atoms with van der Waals surface area (Å²) in [6.45, 7) is 6.24. The van der Waals surface area contributed by atoms with Crippen LogP contribution in [0.5, 0.6) is 0 Å². The highest BCUT2D eigenvalue weighted by molar-refractivity contribution is 5.84. The van der Waals surface area contributed by atoms with E-state index >= 15 is 0 Å². The van der Waals surface area contributed by atoms with Gasteiger partial charge >= 0.3 is 0 Å². The van der Waals surface area contributed by atoms with Crippen LogP contribution in [-0.2, 0) is 11.2 Å². The SMILES string of the molecule is CCc1c(C)nn(C2CCC(N)(C(N)=O)C2)c1C. The highest BCUT2D eigenvalue weighted by Gasteiger charge is 2.42. The van der Waals surface area contributed by atoms with E-state index in [9.17, 15) is 4.79 Å². The molecule has 2 atom stereocenters. The molecule has 1 saturated carbocycles. The van der Waals surface area contributed by atoms with E-state index in [1.165, 1.54) is 11.3 Å². The van der Waals surface area contributed by atoms with Crippen molar-refractivity contribution in [2.24, 2.45) is 11.5 Å². The van der Waals surface area contributed by atoms with Crippen LogP contribution in [-0.4, -0.2) is 21.2 Å². The minimum atomic E-state index is -0.858. The lowest BCUT2D eigenvalue weighted by Gasteiger charge is -2.20. The summed E-state index contributed by atoms with van der Waals surface area (Å²) in [7, 11) is 0. The molecule has 1 fully saturated rings. The van der Waals surface area contributed by atoms with Crippen LogP contribution in [0.4, 0.5) is 0 Å². The van der Waals surface area contributed by atoms with Gasteiger partial charge in [0.05, 0.1) is 17.3 Å².